The van der Waals surface area contributed by atoms with E-state index in [-0.39, 0.29) is 22.5 Å². The molecule has 8 nitrogen and oxygen atoms in total. The molecule has 0 saturated carbocycles. The highest BCUT2D eigenvalue weighted by molar-refractivity contribution is 7.89. The summed E-state index contributed by atoms with van der Waals surface area (Å²) < 4.78 is 29.4. The lowest BCUT2D eigenvalue weighted by Gasteiger charge is -2.31. The highest BCUT2D eigenvalue weighted by Gasteiger charge is 2.29. The molecule has 0 unspecified atom stereocenters. The van der Waals surface area contributed by atoms with Crippen molar-refractivity contribution in [2.24, 2.45) is 0 Å². The summed E-state index contributed by atoms with van der Waals surface area (Å²) in [4.78, 5) is 14.9. The zero-order valence-corrected chi connectivity index (χ0v) is 18.5. The number of hydrogen-bond donors (Lipinski definition) is 1. The first kappa shape index (κ1) is 21.5. The first-order chi connectivity index (χ1) is 14.8. The molecular formula is C21H22ClN5O3S. The van der Waals surface area contributed by atoms with Crippen molar-refractivity contribution in [3.63, 3.8) is 0 Å². The number of rotatable bonds is 5. The van der Waals surface area contributed by atoms with Crippen molar-refractivity contribution < 1.29 is 13.2 Å². The Kier molecular flexibility index (Phi) is 6.08. The lowest BCUT2D eigenvalue weighted by Crippen LogP contribution is -2.46. The van der Waals surface area contributed by atoms with Crippen LogP contribution in [0.4, 0.5) is 0 Å². The molecule has 1 saturated heterocycles. The van der Waals surface area contributed by atoms with Gasteiger partial charge in [0.25, 0.3) is 5.91 Å². The molecule has 1 N–H and O–H groups in total. The lowest BCUT2D eigenvalue weighted by molar-refractivity contribution is 0.0704. The van der Waals surface area contributed by atoms with Crippen molar-refractivity contribution in [2.45, 2.75) is 30.7 Å². The molecule has 1 aromatic heterocycles. The van der Waals surface area contributed by atoms with Crippen LogP contribution >= 0.6 is 11.6 Å². The predicted molar refractivity (Wildman–Crippen MR) is 117 cm³/mol. The van der Waals surface area contributed by atoms with Crippen LogP contribution in [0, 0.1) is 6.92 Å². The highest BCUT2D eigenvalue weighted by Crippen LogP contribution is 2.20. The number of carbonyl (C=O) groups is 1. The Morgan fingerprint density at radius 2 is 1.81 bits per heavy atom. The molecule has 2 aromatic carbocycles. The number of benzene rings is 2. The summed E-state index contributed by atoms with van der Waals surface area (Å²) in [6.45, 7) is 2.66. The van der Waals surface area contributed by atoms with Gasteiger partial charge in [-0.25, -0.2) is 17.8 Å². The van der Waals surface area contributed by atoms with E-state index in [0.717, 1.165) is 5.69 Å². The first-order valence-corrected chi connectivity index (χ1v) is 11.8. The van der Waals surface area contributed by atoms with Gasteiger partial charge >= 0.3 is 0 Å². The molecule has 31 heavy (non-hydrogen) atoms. The third-order valence-corrected chi connectivity index (χ3v) is 7.08. The maximum absolute atomic E-state index is 13.0. The Labute approximate surface area is 185 Å². The van der Waals surface area contributed by atoms with Gasteiger partial charge in [-0.2, -0.15) is 0 Å². The van der Waals surface area contributed by atoms with Gasteiger partial charge in [-0.05, 0) is 50.1 Å². The van der Waals surface area contributed by atoms with Crippen molar-refractivity contribution in [1.82, 2.24) is 24.6 Å². The summed E-state index contributed by atoms with van der Waals surface area (Å²) >= 11 is 6.05. The molecule has 4 rings (SSSR count). The Bertz CT molecular complexity index is 1190. The fourth-order valence-corrected chi connectivity index (χ4v) is 5.13. The summed E-state index contributed by atoms with van der Waals surface area (Å²) in [5.41, 5.74) is 1.63. The second-order valence-electron chi connectivity index (χ2n) is 7.42. The van der Waals surface area contributed by atoms with Crippen molar-refractivity contribution in [2.75, 3.05) is 13.1 Å². The maximum atomic E-state index is 13.0. The van der Waals surface area contributed by atoms with E-state index in [0.29, 0.717) is 36.6 Å². The van der Waals surface area contributed by atoms with Crippen molar-refractivity contribution in [1.29, 1.82) is 0 Å². The van der Waals surface area contributed by atoms with Crippen LogP contribution in [0.1, 0.15) is 29.0 Å². The molecule has 1 amide bonds. The van der Waals surface area contributed by atoms with Gasteiger partial charge in [0.2, 0.25) is 10.0 Å². The lowest BCUT2D eigenvalue weighted by atomic mass is 10.1. The van der Waals surface area contributed by atoms with Gasteiger partial charge in [-0.1, -0.05) is 41.1 Å². The van der Waals surface area contributed by atoms with Crippen LogP contribution in [0.25, 0.3) is 5.69 Å². The first-order valence-electron chi connectivity index (χ1n) is 9.90. The van der Waals surface area contributed by atoms with Crippen LogP contribution in [0.2, 0.25) is 5.02 Å². The summed E-state index contributed by atoms with van der Waals surface area (Å²) in [5.74, 6) is -0.213. The molecule has 0 aliphatic carbocycles. The fourth-order valence-electron chi connectivity index (χ4n) is 3.62. The second-order valence-corrected chi connectivity index (χ2v) is 9.57. The summed E-state index contributed by atoms with van der Waals surface area (Å²) in [7, 11) is -3.58. The number of nitrogens with one attached hydrogen (secondary N) is 1. The Morgan fingerprint density at radius 3 is 2.48 bits per heavy atom. The van der Waals surface area contributed by atoms with Gasteiger partial charge < -0.3 is 4.90 Å². The number of aromatic nitrogens is 3. The Hall–Kier alpha value is -2.75. The molecule has 2 heterocycles. The van der Waals surface area contributed by atoms with Gasteiger partial charge in [-0.3, -0.25) is 4.79 Å². The number of halogens is 1. The van der Waals surface area contributed by atoms with Crippen LogP contribution < -0.4 is 4.72 Å². The van der Waals surface area contributed by atoms with Crippen LogP contribution in [0.3, 0.4) is 0 Å². The van der Waals surface area contributed by atoms with E-state index in [9.17, 15) is 13.2 Å². The van der Waals surface area contributed by atoms with Gasteiger partial charge in [0, 0.05) is 24.2 Å². The van der Waals surface area contributed by atoms with Gasteiger partial charge in [0.1, 0.15) is 0 Å². The number of amides is 1. The predicted octanol–water partition coefficient (Wildman–Crippen LogP) is 2.81. The van der Waals surface area contributed by atoms with Crippen LogP contribution in [-0.4, -0.2) is 53.4 Å². The minimum atomic E-state index is -3.58. The molecule has 1 fully saturated rings. The number of sulfonamides is 1. The quantitative estimate of drug-likeness (QED) is 0.632. The van der Waals surface area contributed by atoms with Gasteiger partial charge in [0.15, 0.2) is 5.69 Å². The minimum absolute atomic E-state index is 0.213. The smallest absolute Gasteiger partial charge is 0.276 e. The third kappa shape index (κ3) is 4.63. The average Bonchev–Trinajstić information content (AvgIpc) is 3.15. The van der Waals surface area contributed by atoms with Gasteiger partial charge in [-0.15, -0.1) is 5.10 Å². The Morgan fingerprint density at radius 1 is 1.10 bits per heavy atom. The average molecular weight is 460 g/mol. The van der Waals surface area contributed by atoms with E-state index in [4.69, 9.17) is 11.6 Å². The molecule has 0 radical (unpaired) electrons. The molecule has 0 spiro atoms. The second kappa shape index (κ2) is 8.78. The maximum Gasteiger partial charge on any atom is 0.276 e. The van der Waals surface area contributed by atoms with Crippen molar-refractivity contribution in [3.05, 3.63) is 71.0 Å². The van der Waals surface area contributed by atoms with E-state index >= 15 is 0 Å². The van der Waals surface area contributed by atoms with E-state index in [1.54, 1.807) is 59.0 Å². The standard InChI is InChI=1S/C21H22ClN5O3S/c1-15-20(23-25-27(15)18-7-5-6-16(22)14-18)21(28)26-12-10-17(11-13-26)24-31(29,30)19-8-3-2-4-9-19/h2-9,14,17,24H,10-13H2,1H3. The van der Waals surface area contributed by atoms with Gasteiger partial charge in [0.05, 0.1) is 16.3 Å². The number of hydrogen-bond acceptors (Lipinski definition) is 5. The number of piperidine rings is 1. The number of carbonyl (C=O) groups excluding carboxylic acids is 1. The molecule has 1 aliphatic rings. The van der Waals surface area contributed by atoms with Crippen LogP contribution in [0.15, 0.2) is 59.5 Å². The number of nitrogens with zero attached hydrogens (tertiary/aromatic N) is 4. The normalized spacial score (nSPS) is 15.2. The van der Waals surface area contributed by atoms with E-state index in [2.05, 4.69) is 15.0 Å². The van der Waals surface area contributed by atoms with E-state index in [1.807, 2.05) is 12.1 Å². The molecule has 10 heteroatoms. The van der Waals surface area contributed by atoms with E-state index in [1.165, 1.54) is 0 Å². The van der Waals surface area contributed by atoms with E-state index < -0.39 is 10.0 Å². The van der Waals surface area contributed by atoms with Crippen molar-refractivity contribution >= 4 is 27.5 Å². The summed E-state index contributed by atoms with van der Waals surface area (Å²) in [6.07, 6.45) is 1.05. The number of likely N-dealkylation sites (tertiary alicyclic amines) is 1. The zero-order valence-electron chi connectivity index (χ0n) is 16.9. The SMILES string of the molecule is Cc1c(C(=O)N2CCC(NS(=O)(=O)c3ccccc3)CC2)nnn1-c1cccc(Cl)c1. The molecule has 0 bridgehead atoms. The topological polar surface area (TPSA) is 97.2 Å². The van der Waals surface area contributed by atoms with Crippen LogP contribution in [-0.2, 0) is 10.0 Å². The minimum Gasteiger partial charge on any atom is -0.337 e. The summed E-state index contributed by atoms with van der Waals surface area (Å²) in [6, 6.07) is 15.2. The Balaban J connectivity index is 1.41. The third-order valence-electron chi connectivity index (χ3n) is 5.31. The van der Waals surface area contributed by atoms with Crippen LogP contribution in [0.5, 0.6) is 0 Å². The zero-order chi connectivity index (χ0) is 22.0. The molecule has 162 valence electrons. The highest BCUT2D eigenvalue weighted by atomic mass is 35.5. The van der Waals surface area contributed by atoms with Crippen molar-refractivity contribution in [3.8, 4) is 5.69 Å². The molecule has 1 aliphatic heterocycles. The molecular weight excluding hydrogens is 438 g/mol. The fraction of sp³-hybridized carbons (Fsp3) is 0.286. The molecule has 3 aromatic rings. The summed E-state index contributed by atoms with van der Waals surface area (Å²) in [5, 5.41) is 8.76. The molecule has 0 atom stereocenters. The largest absolute Gasteiger partial charge is 0.337 e. The monoisotopic (exact) mass is 459 g/mol.